The summed E-state index contributed by atoms with van der Waals surface area (Å²) in [5, 5.41) is 3.22. The van der Waals surface area contributed by atoms with E-state index in [1.165, 1.54) is 0 Å². The van der Waals surface area contributed by atoms with E-state index in [1.807, 2.05) is 0 Å². The fourth-order valence-corrected chi connectivity index (χ4v) is 1.24. The molecule has 1 aliphatic heterocycles. The van der Waals surface area contributed by atoms with Gasteiger partial charge in [0.2, 0.25) is 0 Å². The van der Waals surface area contributed by atoms with Gasteiger partial charge in [-0.2, -0.15) is 0 Å². The molecule has 0 radical (unpaired) electrons. The smallest absolute Gasteiger partial charge is 0.0831 e. The summed E-state index contributed by atoms with van der Waals surface area (Å²) < 4.78 is 15.6. The van der Waals surface area contributed by atoms with Crippen LogP contribution in [0.25, 0.3) is 0 Å². The lowest BCUT2D eigenvalue weighted by Gasteiger charge is -2.09. The average molecular weight is 189 g/mol. The third-order valence-electron chi connectivity index (χ3n) is 2.00. The maximum Gasteiger partial charge on any atom is 0.0831 e. The van der Waals surface area contributed by atoms with Crippen molar-refractivity contribution < 1.29 is 14.2 Å². The summed E-state index contributed by atoms with van der Waals surface area (Å²) in [5.41, 5.74) is 0. The molecule has 0 spiro atoms. The van der Waals surface area contributed by atoms with Crippen LogP contribution in [0.1, 0.15) is 6.42 Å². The lowest BCUT2D eigenvalue weighted by atomic mass is 10.3. The maximum atomic E-state index is 5.55. The first-order valence-corrected chi connectivity index (χ1v) is 4.82. The second-order valence-electron chi connectivity index (χ2n) is 3.10. The molecule has 13 heavy (non-hydrogen) atoms. The van der Waals surface area contributed by atoms with Crippen molar-refractivity contribution in [3.63, 3.8) is 0 Å². The number of rotatable bonds is 7. The van der Waals surface area contributed by atoms with Gasteiger partial charge in [0.1, 0.15) is 0 Å². The summed E-state index contributed by atoms with van der Waals surface area (Å²) in [7, 11) is 1.70. The summed E-state index contributed by atoms with van der Waals surface area (Å²) >= 11 is 0. The van der Waals surface area contributed by atoms with Gasteiger partial charge in [-0.05, 0) is 6.42 Å². The maximum absolute atomic E-state index is 5.55. The van der Waals surface area contributed by atoms with Gasteiger partial charge in [-0.1, -0.05) is 0 Å². The highest BCUT2D eigenvalue weighted by molar-refractivity contribution is 4.62. The normalized spacial score (nSPS) is 22.4. The van der Waals surface area contributed by atoms with Gasteiger partial charge in [-0.25, -0.2) is 0 Å². The Morgan fingerprint density at radius 1 is 1.38 bits per heavy atom. The van der Waals surface area contributed by atoms with Gasteiger partial charge < -0.3 is 19.5 Å². The van der Waals surface area contributed by atoms with Gasteiger partial charge in [0.15, 0.2) is 0 Å². The average Bonchev–Trinajstić information content (AvgIpc) is 2.63. The number of ether oxygens (including phenoxy) is 3. The Morgan fingerprint density at radius 3 is 2.92 bits per heavy atom. The second kappa shape index (κ2) is 7.26. The minimum absolute atomic E-state index is 0.323. The van der Waals surface area contributed by atoms with Crippen molar-refractivity contribution in [3.05, 3.63) is 0 Å². The van der Waals surface area contributed by atoms with Crippen molar-refractivity contribution >= 4 is 0 Å². The van der Waals surface area contributed by atoms with E-state index >= 15 is 0 Å². The Bertz CT molecular complexity index is 115. The summed E-state index contributed by atoms with van der Waals surface area (Å²) in [6, 6.07) is 0. The van der Waals surface area contributed by atoms with Crippen LogP contribution in [0, 0.1) is 0 Å². The summed E-state index contributed by atoms with van der Waals surface area (Å²) in [5.74, 6) is 0. The minimum atomic E-state index is 0.323. The highest BCUT2D eigenvalue weighted by Crippen LogP contribution is 2.06. The largest absolute Gasteiger partial charge is 0.383 e. The monoisotopic (exact) mass is 189 g/mol. The highest BCUT2D eigenvalue weighted by atomic mass is 16.5. The molecule has 1 unspecified atom stereocenters. The van der Waals surface area contributed by atoms with E-state index in [-0.39, 0.29) is 0 Å². The SMILES string of the molecule is COCCNCCOC1CCOC1. The summed E-state index contributed by atoms with van der Waals surface area (Å²) in [6.07, 6.45) is 1.36. The van der Waals surface area contributed by atoms with Gasteiger partial charge in [0.25, 0.3) is 0 Å². The zero-order valence-corrected chi connectivity index (χ0v) is 8.25. The molecule has 1 saturated heterocycles. The quantitative estimate of drug-likeness (QED) is 0.573. The predicted octanol–water partition coefficient (Wildman–Crippen LogP) is 0.0279. The molecule has 0 aromatic rings. The number of methoxy groups -OCH3 is 1. The van der Waals surface area contributed by atoms with Crippen molar-refractivity contribution in [2.75, 3.05) is 46.6 Å². The zero-order chi connectivity index (χ0) is 9.36. The molecule has 1 N–H and O–H groups in total. The van der Waals surface area contributed by atoms with Crippen LogP contribution in [0.2, 0.25) is 0 Å². The Hall–Kier alpha value is -0.160. The Kier molecular flexibility index (Phi) is 6.10. The van der Waals surface area contributed by atoms with Crippen molar-refractivity contribution in [1.29, 1.82) is 0 Å². The first-order chi connectivity index (χ1) is 6.43. The molecular weight excluding hydrogens is 170 g/mol. The Balaban J connectivity index is 1.78. The van der Waals surface area contributed by atoms with Gasteiger partial charge in [0.05, 0.1) is 25.9 Å². The molecule has 0 bridgehead atoms. The van der Waals surface area contributed by atoms with Gasteiger partial charge >= 0.3 is 0 Å². The first-order valence-electron chi connectivity index (χ1n) is 4.82. The van der Waals surface area contributed by atoms with Crippen molar-refractivity contribution in [1.82, 2.24) is 5.32 Å². The van der Waals surface area contributed by atoms with E-state index in [4.69, 9.17) is 14.2 Å². The number of hydrogen-bond acceptors (Lipinski definition) is 4. The molecule has 0 aromatic heterocycles. The Morgan fingerprint density at radius 2 is 2.23 bits per heavy atom. The molecule has 78 valence electrons. The molecule has 0 saturated carbocycles. The van der Waals surface area contributed by atoms with E-state index in [2.05, 4.69) is 5.32 Å². The van der Waals surface area contributed by atoms with Crippen LogP contribution < -0.4 is 5.32 Å². The van der Waals surface area contributed by atoms with E-state index < -0.39 is 0 Å². The van der Waals surface area contributed by atoms with E-state index in [0.717, 1.165) is 45.9 Å². The van der Waals surface area contributed by atoms with Crippen molar-refractivity contribution in [3.8, 4) is 0 Å². The number of nitrogens with one attached hydrogen (secondary N) is 1. The molecule has 1 rings (SSSR count). The third kappa shape index (κ3) is 5.21. The van der Waals surface area contributed by atoms with Crippen LogP contribution >= 0.6 is 0 Å². The second-order valence-corrected chi connectivity index (χ2v) is 3.10. The summed E-state index contributed by atoms with van der Waals surface area (Å²) in [4.78, 5) is 0. The van der Waals surface area contributed by atoms with Crippen LogP contribution in [0.3, 0.4) is 0 Å². The molecule has 4 heteroatoms. The van der Waals surface area contributed by atoms with Crippen LogP contribution in [0.4, 0.5) is 0 Å². The van der Waals surface area contributed by atoms with Crippen LogP contribution in [-0.2, 0) is 14.2 Å². The van der Waals surface area contributed by atoms with Crippen molar-refractivity contribution in [2.24, 2.45) is 0 Å². The fourth-order valence-electron chi connectivity index (χ4n) is 1.24. The van der Waals surface area contributed by atoms with Crippen LogP contribution in [0.15, 0.2) is 0 Å². The van der Waals surface area contributed by atoms with Crippen LogP contribution in [0.5, 0.6) is 0 Å². The highest BCUT2D eigenvalue weighted by Gasteiger charge is 2.14. The molecule has 1 aliphatic rings. The van der Waals surface area contributed by atoms with Gasteiger partial charge in [-0.3, -0.25) is 0 Å². The fraction of sp³-hybridized carbons (Fsp3) is 1.00. The lowest BCUT2D eigenvalue weighted by molar-refractivity contribution is 0.0439. The molecule has 0 aromatic carbocycles. The van der Waals surface area contributed by atoms with E-state index in [9.17, 15) is 0 Å². The topological polar surface area (TPSA) is 39.7 Å². The van der Waals surface area contributed by atoms with Crippen molar-refractivity contribution in [2.45, 2.75) is 12.5 Å². The lowest BCUT2D eigenvalue weighted by Crippen LogP contribution is -2.26. The molecule has 4 nitrogen and oxygen atoms in total. The van der Waals surface area contributed by atoms with E-state index in [1.54, 1.807) is 7.11 Å². The van der Waals surface area contributed by atoms with Gasteiger partial charge in [-0.15, -0.1) is 0 Å². The molecule has 0 aliphatic carbocycles. The minimum Gasteiger partial charge on any atom is -0.383 e. The van der Waals surface area contributed by atoms with Crippen LogP contribution in [-0.4, -0.2) is 52.7 Å². The zero-order valence-electron chi connectivity index (χ0n) is 8.25. The molecular formula is C9H19NO3. The molecule has 1 atom stereocenters. The Labute approximate surface area is 79.5 Å². The van der Waals surface area contributed by atoms with E-state index in [0.29, 0.717) is 6.10 Å². The third-order valence-corrected chi connectivity index (χ3v) is 2.00. The van der Waals surface area contributed by atoms with Gasteiger partial charge in [0, 0.05) is 26.8 Å². The summed E-state index contributed by atoms with van der Waals surface area (Å²) in [6.45, 7) is 4.91. The first kappa shape index (κ1) is 10.9. The standard InChI is InChI=1S/C9H19NO3/c1-11-6-3-10-4-7-13-9-2-5-12-8-9/h9-10H,2-8H2,1H3. The number of hydrogen-bond donors (Lipinski definition) is 1. The molecule has 0 amide bonds. The molecule has 1 heterocycles. The molecule has 1 fully saturated rings. The predicted molar refractivity (Wildman–Crippen MR) is 49.9 cm³/mol.